The van der Waals surface area contributed by atoms with Crippen molar-refractivity contribution in [2.24, 2.45) is 5.41 Å². The summed E-state index contributed by atoms with van der Waals surface area (Å²) in [4.78, 5) is 15.9. The van der Waals surface area contributed by atoms with E-state index in [1.54, 1.807) is 18.3 Å². The Hall–Kier alpha value is -1.09. The van der Waals surface area contributed by atoms with E-state index in [1.165, 1.54) is 19.3 Å². The number of carbonyl (C=O) groups excluding carboxylic acids is 1. The first kappa shape index (κ1) is 16.0. The van der Waals surface area contributed by atoms with Gasteiger partial charge in [0.25, 0.3) is 5.91 Å². The average molecular weight is 283 g/mol. The summed E-state index contributed by atoms with van der Waals surface area (Å²) >= 11 is 5.90. The van der Waals surface area contributed by atoms with Gasteiger partial charge in [-0.3, -0.25) is 4.79 Å². The van der Waals surface area contributed by atoms with Crippen LogP contribution in [0.4, 0.5) is 0 Å². The fraction of sp³-hybridized carbons (Fsp3) is 0.600. The highest BCUT2D eigenvalue weighted by Gasteiger charge is 2.19. The van der Waals surface area contributed by atoms with Crippen LogP contribution >= 0.6 is 11.6 Å². The van der Waals surface area contributed by atoms with E-state index in [1.807, 2.05) is 0 Å². The summed E-state index contributed by atoms with van der Waals surface area (Å²) in [6.07, 6.45) is 6.35. The lowest BCUT2D eigenvalue weighted by Gasteiger charge is -2.25. The molecule has 0 atom stereocenters. The number of nitrogens with one attached hydrogen (secondary N) is 1. The van der Waals surface area contributed by atoms with Gasteiger partial charge in [0.1, 0.15) is 5.15 Å². The number of pyridine rings is 1. The Labute approximate surface area is 120 Å². The van der Waals surface area contributed by atoms with Gasteiger partial charge >= 0.3 is 0 Å². The number of hydrogen-bond donors (Lipinski definition) is 1. The molecule has 0 aliphatic carbocycles. The van der Waals surface area contributed by atoms with Crippen LogP contribution in [0.25, 0.3) is 0 Å². The number of aromatic nitrogens is 1. The summed E-state index contributed by atoms with van der Waals surface area (Å²) in [7, 11) is 0. The first-order chi connectivity index (χ1) is 8.96. The fourth-order valence-electron chi connectivity index (χ4n) is 1.91. The molecule has 0 aliphatic rings. The number of amides is 1. The molecular formula is C15H23ClN2O. The maximum absolute atomic E-state index is 12.0. The molecule has 0 aromatic carbocycles. The normalized spacial score (nSPS) is 11.4. The van der Waals surface area contributed by atoms with E-state index < -0.39 is 0 Å². The Kier molecular flexibility index (Phi) is 6.29. The molecule has 1 aromatic heterocycles. The van der Waals surface area contributed by atoms with Gasteiger partial charge in [-0.1, -0.05) is 51.6 Å². The third kappa shape index (κ3) is 5.60. The summed E-state index contributed by atoms with van der Waals surface area (Å²) in [5.41, 5.74) is 0.549. The minimum atomic E-state index is -0.151. The minimum Gasteiger partial charge on any atom is -0.351 e. The number of halogens is 1. The Balaban J connectivity index is 2.47. The summed E-state index contributed by atoms with van der Waals surface area (Å²) in [5.74, 6) is -0.151. The van der Waals surface area contributed by atoms with Crippen molar-refractivity contribution >= 4 is 17.5 Å². The van der Waals surface area contributed by atoms with E-state index in [-0.39, 0.29) is 16.5 Å². The second kappa shape index (κ2) is 7.49. The zero-order chi connectivity index (χ0) is 14.3. The molecular weight excluding hydrogens is 260 g/mol. The van der Waals surface area contributed by atoms with Crippen LogP contribution in [-0.2, 0) is 0 Å². The Morgan fingerprint density at radius 2 is 2.16 bits per heavy atom. The van der Waals surface area contributed by atoms with Crippen LogP contribution in [0.1, 0.15) is 56.8 Å². The molecule has 19 heavy (non-hydrogen) atoms. The third-order valence-electron chi connectivity index (χ3n) is 3.19. The molecule has 0 radical (unpaired) electrons. The van der Waals surface area contributed by atoms with Crippen molar-refractivity contribution in [3.05, 3.63) is 29.0 Å². The van der Waals surface area contributed by atoms with Crippen molar-refractivity contribution < 1.29 is 4.79 Å². The van der Waals surface area contributed by atoms with Crippen molar-refractivity contribution in [3.63, 3.8) is 0 Å². The monoisotopic (exact) mass is 282 g/mol. The molecule has 1 aromatic rings. The van der Waals surface area contributed by atoms with Gasteiger partial charge in [-0.05, 0) is 24.0 Å². The van der Waals surface area contributed by atoms with E-state index in [4.69, 9.17) is 11.6 Å². The molecule has 1 heterocycles. The van der Waals surface area contributed by atoms with Crippen LogP contribution in [0, 0.1) is 5.41 Å². The smallest absolute Gasteiger partial charge is 0.254 e. The van der Waals surface area contributed by atoms with Crippen LogP contribution in [0.3, 0.4) is 0 Å². The van der Waals surface area contributed by atoms with Gasteiger partial charge in [-0.2, -0.15) is 0 Å². The molecule has 0 fully saturated rings. The summed E-state index contributed by atoms with van der Waals surface area (Å²) in [6, 6.07) is 3.40. The van der Waals surface area contributed by atoms with E-state index in [9.17, 15) is 4.79 Å². The predicted molar refractivity (Wildman–Crippen MR) is 79.5 cm³/mol. The molecule has 0 saturated carbocycles. The molecule has 0 aliphatic heterocycles. The van der Waals surface area contributed by atoms with Gasteiger partial charge in [0.15, 0.2) is 0 Å². The number of carbonyl (C=O) groups is 1. The van der Waals surface area contributed by atoms with Crippen molar-refractivity contribution in [1.29, 1.82) is 0 Å². The Morgan fingerprint density at radius 3 is 2.79 bits per heavy atom. The van der Waals surface area contributed by atoms with Gasteiger partial charge in [0, 0.05) is 12.7 Å². The zero-order valence-electron chi connectivity index (χ0n) is 12.0. The molecule has 0 saturated heterocycles. The molecule has 106 valence electrons. The number of hydrogen-bond acceptors (Lipinski definition) is 2. The van der Waals surface area contributed by atoms with Gasteiger partial charge < -0.3 is 5.32 Å². The largest absolute Gasteiger partial charge is 0.351 e. The van der Waals surface area contributed by atoms with E-state index >= 15 is 0 Å². The van der Waals surface area contributed by atoms with Gasteiger partial charge in [-0.15, -0.1) is 0 Å². The Morgan fingerprint density at radius 1 is 1.42 bits per heavy atom. The van der Waals surface area contributed by atoms with Crippen LogP contribution in [0.5, 0.6) is 0 Å². The second-order valence-corrected chi connectivity index (χ2v) is 6.00. The molecule has 1 N–H and O–H groups in total. The lowest BCUT2D eigenvalue weighted by Crippen LogP contribution is -2.34. The highest BCUT2D eigenvalue weighted by Crippen LogP contribution is 2.23. The van der Waals surface area contributed by atoms with Crippen molar-refractivity contribution in [2.45, 2.75) is 46.5 Å². The van der Waals surface area contributed by atoms with Crippen LogP contribution in [-0.4, -0.2) is 17.4 Å². The van der Waals surface area contributed by atoms with Gasteiger partial charge in [-0.25, -0.2) is 4.98 Å². The number of unbranched alkanes of at least 4 members (excludes halogenated alkanes) is 2. The highest BCUT2D eigenvalue weighted by atomic mass is 35.5. The number of rotatable bonds is 7. The van der Waals surface area contributed by atoms with Crippen molar-refractivity contribution in [3.8, 4) is 0 Å². The summed E-state index contributed by atoms with van der Waals surface area (Å²) in [5, 5.41) is 3.20. The summed E-state index contributed by atoms with van der Waals surface area (Å²) in [6.45, 7) is 7.20. The lowest BCUT2D eigenvalue weighted by molar-refractivity contribution is 0.0934. The molecule has 3 nitrogen and oxygen atoms in total. The molecule has 0 unspecified atom stereocenters. The maximum atomic E-state index is 12.0. The Bertz CT molecular complexity index is 418. The average Bonchev–Trinajstić information content (AvgIpc) is 2.37. The molecule has 4 heteroatoms. The third-order valence-corrected chi connectivity index (χ3v) is 3.49. The first-order valence-electron chi connectivity index (χ1n) is 6.85. The van der Waals surface area contributed by atoms with Crippen molar-refractivity contribution in [2.75, 3.05) is 6.54 Å². The molecule has 1 rings (SSSR count). The van der Waals surface area contributed by atoms with Gasteiger partial charge in [0.2, 0.25) is 0 Å². The molecule has 1 amide bonds. The quantitative estimate of drug-likeness (QED) is 0.605. The van der Waals surface area contributed by atoms with Crippen LogP contribution in [0.2, 0.25) is 5.15 Å². The minimum absolute atomic E-state index is 0.111. The van der Waals surface area contributed by atoms with Crippen molar-refractivity contribution in [1.82, 2.24) is 10.3 Å². The van der Waals surface area contributed by atoms with Crippen LogP contribution < -0.4 is 5.32 Å². The highest BCUT2D eigenvalue weighted by molar-refractivity contribution is 6.32. The zero-order valence-corrected chi connectivity index (χ0v) is 12.8. The van der Waals surface area contributed by atoms with E-state index in [0.29, 0.717) is 12.1 Å². The lowest BCUT2D eigenvalue weighted by atomic mass is 9.87. The molecule has 0 spiro atoms. The predicted octanol–water partition coefficient (Wildman–Crippen LogP) is 4.07. The SMILES string of the molecule is CCCCCC(C)(C)CNC(=O)c1cccnc1Cl. The first-order valence-corrected chi connectivity index (χ1v) is 7.23. The second-order valence-electron chi connectivity index (χ2n) is 5.65. The maximum Gasteiger partial charge on any atom is 0.254 e. The fourth-order valence-corrected chi connectivity index (χ4v) is 2.12. The van der Waals surface area contributed by atoms with Crippen LogP contribution in [0.15, 0.2) is 18.3 Å². The van der Waals surface area contributed by atoms with E-state index in [0.717, 1.165) is 6.42 Å². The topological polar surface area (TPSA) is 42.0 Å². The standard InChI is InChI=1S/C15H23ClN2O/c1-4-5-6-9-15(2,3)11-18-14(19)12-8-7-10-17-13(12)16/h7-8,10H,4-6,9,11H2,1-3H3,(H,18,19). The number of nitrogens with zero attached hydrogens (tertiary/aromatic N) is 1. The van der Waals surface area contributed by atoms with Gasteiger partial charge in [0.05, 0.1) is 5.56 Å². The summed E-state index contributed by atoms with van der Waals surface area (Å²) < 4.78 is 0. The molecule has 0 bridgehead atoms. The van der Waals surface area contributed by atoms with E-state index in [2.05, 4.69) is 31.1 Å².